The topological polar surface area (TPSA) is 47.5 Å². The van der Waals surface area contributed by atoms with Crippen molar-refractivity contribution in [2.75, 3.05) is 33.4 Å². The number of hydrogen-bond donors (Lipinski definition) is 0. The van der Waals surface area contributed by atoms with Crippen LogP contribution in [0.5, 0.6) is 11.6 Å². The Hall–Kier alpha value is -2.10. The van der Waals surface area contributed by atoms with Gasteiger partial charge in [0.25, 0.3) is 0 Å². The fourth-order valence-corrected chi connectivity index (χ4v) is 4.11. The Morgan fingerprint density at radius 1 is 1.33 bits per heavy atom. The van der Waals surface area contributed by atoms with Crippen molar-refractivity contribution in [3.63, 3.8) is 0 Å². The Labute approximate surface area is 145 Å². The molecular weight excluding hydrogens is 322 g/mol. The molecule has 0 spiro atoms. The van der Waals surface area contributed by atoms with E-state index in [9.17, 15) is 0 Å². The molecule has 2 aromatic rings. The van der Waals surface area contributed by atoms with Crippen LogP contribution in [0.2, 0.25) is 0 Å². The summed E-state index contributed by atoms with van der Waals surface area (Å²) < 4.78 is 19.8. The number of rotatable bonds is 4. The van der Waals surface area contributed by atoms with E-state index in [1.54, 1.807) is 7.11 Å². The molecule has 0 saturated carbocycles. The average molecular weight is 341 g/mol. The van der Waals surface area contributed by atoms with Gasteiger partial charge < -0.3 is 14.4 Å². The normalized spacial score (nSPS) is 24.5. The van der Waals surface area contributed by atoms with Crippen LogP contribution in [0, 0.1) is 17.8 Å². The van der Waals surface area contributed by atoms with Crippen LogP contribution in [0.1, 0.15) is 23.6 Å². The van der Waals surface area contributed by atoms with Crippen LogP contribution in [0.25, 0.3) is 0 Å². The van der Waals surface area contributed by atoms with E-state index >= 15 is 0 Å². The van der Waals surface area contributed by atoms with E-state index in [1.165, 1.54) is 31.2 Å². The number of fused-ring (bicyclic) bond motifs is 2. The van der Waals surface area contributed by atoms with E-state index in [1.807, 2.05) is 24.3 Å². The number of piperidine rings is 1. The van der Waals surface area contributed by atoms with E-state index in [0.29, 0.717) is 24.3 Å². The van der Waals surface area contributed by atoms with Gasteiger partial charge in [-0.15, -0.1) is 4.37 Å². The monoisotopic (exact) mass is 341 g/mol. The lowest BCUT2D eigenvalue weighted by molar-refractivity contribution is 0.323. The van der Waals surface area contributed by atoms with E-state index in [-0.39, 0.29) is 0 Å². The van der Waals surface area contributed by atoms with Crippen LogP contribution in [-0.2, 0) is 0 Å². The molecule has 2 bridgehead atoms. The third-order valence-corrected chi connectivity index (χ3v) is 5.28. The van der Waals surface area contributed by atoms with Crippen molar-refractivity contribution in [2.24, 2.45) is 5.92 Å². The molecule has 0 aliphatic carbocycles. The molecule has 24 heavy (non-hydrogen) atoms. The average Bonchev–Trinajstić information content (AvgIpc) is 3.35. The van der Waals surface area contributed by atoms with Crippen molar-refractivity contribution in [2.45, 2.75) is 12.3 Å². The van der Waals surface area contributed by atoms with Crippen molar-refractivity contribution >= 4 is 11.7 Å². The molecule has 0 amide bonds. The lowest BCUT2D eigenvalue weighted by Gasteiger charge is -2.20. The molecular formula is C18H19N3O2S. The maximum atomic E-state index is 5.79. The number of benzene rings is 1. The molecule has 2 fully saturated rings. The second-order valence-corrected chi connectivity index (χ2v) is 6.72. The number of ether oxygens (including phenoxy) is 2. The zero-order valence-electron chi connectivity index (χ0n) is 13.6. The standard InChI is InChI=1S/C18H19N3O2S/c1-22-15-6-2-4-13(10-15)5-3-9-23-18-17(19-24-20-18)16-12-21-8-7-14(16)11-21/h2,4,6,10,14,16H,7-9,11-12H2,1H3. The summed E-state index contributed by atoms with van der Waals surface area (Å²) in [5, 5.41) is 0. The Morgan fingerprint density at radius 3 is 3.08 bits per heavy atom. The Balaban J connectivity index is 1.39. The lowest BCUT2D eigenvalue weighted by atomic mass is 9.90. The van der Waals surface area contributed by atoms with Gasteiger partial charge in [-0.1, -0.05) is 17.9 Å². The number of nitrogens with zero attached hydrogens (tertiary/aromatic N) is 3. The Morgan fingerprint density at radius 2 is 2.29 bits per heavy atom. The van der Waals surface area contributed by atoms with Gasteiger partial charge in [0.2, 0.25) is 5.88 Å². The van der Waals surface area contributed by atoms with Crippen molar-refractivity contribution in [3.8, 4) is 23.5 Å². The molecule has 1 aromatic heterocycles. The highest BCUT2D eigenvalue weighted by molar-refractivity contribution is 6.99. The molecule has 2 aliphatic heterocycles. The van der Waals surface area contributed by atoms with E-state index in [4.69, 9.17) is 9.47 Å². The highest BCUT2D eigenvalue weighted by atomic mass is 32.1. The van der Waals surface area contributed by atoms with Crippen LogP contribution in [-0.4, -0.2) is 47.0 Å². The van der Waals surface area contributed by atoms with Gasteiger partial charge in [-0.2, -0.15) is 4.37 Å². The highest BCUT2D eigenvalue weighted by Gasteiger charge is 2.41. The van der Waals surface area contributed by atoms with Gasteiger partial charge in [0.15, 0.2) is 6.61 Å². The third-order valence-electron chi connectivity index (χ3n) is 4.75. The predicted molar refractivity (Wildman–Crippen MR) is 92.6 cm³/mol. The van der Waals surface area contributed by atoms with E-state index < -0.39 is 0 Å². The minimum absolute atomic E-state index is 0.316. The summed E-state index contributed by atoms with van der Waals surface area (Å²) in [6, 6.07) is 7.69. The number of hydrogen-bond acceptors (Lipinski definition) is 6. The first-order valence-corrected chi connectivity index (χ1v) is 8.87. The highest BCUT2D eigenvalue weighted by Crippen LogP contribution is 2.41. The predicted octanol–water partition coefficient (Wildman–Crippen LogP) is 2.40. The van der Waals surface area contributed by atoms with E-state index in [2.05, 4.69) is 25.5 Å². The van der Waals surface area contributed by atoms with Crippen LogP contribution in [0.4, 0.5) is 0 Å². The first kappa shape index (κ1) is 15.4. The molecule has 0 N–H and O–H groups in total. The van der Waals surface area contributed by atoms with Gasteiger partial charge in [0.05, 0.1) is 18.8 Å². The second kappa shape index (κ2) is 6.80. The van der Waals surface area contributed by atoms with Crippen molar-refractivity contribution in [3.05, 3.63) is 35.5 Å². The Kier molecular flexibility index (Phi) is 4.37. The molecule has 5 nitrogen and oxygen atoms in total. The summed E-state index contributed by atoms with van der Waals surface area (Å²) in [5.74, 6) is 8.78. The Bertz CT molecular complexity index is 780. The van der Waals surface area contributed by atoms with Gasteiger partial charge >= 0.3 is 0 Å². The largest absolute Gasteiger partial charge is 0.497 e. The van der Waals surface area contributed by atoms with Crippen LogP contribution >= 0.6 is 11.7 Å². The molecule has 1 aromatic carbocycles. The molecule has 3 heterocycles. The van der Waals surface area contributed by atoms with Gasteiger partial charge in [-0.3, -0.25) is 0 Å². The summed E-state index contributed by atoms with van der Waals surface area (Å²) in [4.78, 5) is 2.50. The first-order valence-electron chi connectivity index (χ1n) is 8.14. The number of methoxy groups -OCH3 is 1. The second-order valence-electron chi connectivity index (χ2n) is 6.19. The quantitative estimate of drug-likeness (QED) is 0.799. The fourth-order valence-electron chi connectivity index (χ4n) is 3.55. The molecule has 3 unspecified atom stereocenters. The van der Waals surface area contributed by atoms with E-state index in [0.717, 1.165) is 23.6 Å². The minimum atomic E-state index is 0.316. The fraction of sp³-hybridized carbons (Fsp3) is 0.444. The van der Waals surface area contributed by atoms with Gasteiger partial charge in [-0.25, -0.2) is 0 Å². The van der Waals surface area contributed by atoms with Gasteiger partial charge in [0, 0.05) is 24.6 Å². The summed E-state index contributed by atoms with van der Waals surface area (Å²) in [5.41, 5.74) is 1.94. The zero-order chi connectivity index (χ0) is 16.4. The summed E-state index contributed by atoms with van der Waals surface area (Å²) in [6.45, 7) is 3.82. The molecule has 2 saturated heterocycles. The van der Waals surface area contributed by atoms with Crippen LogP contribution in [0.15, 0.2) is 24.3 Å². The molecule has 0 radical (unpaired) electrons. The first-order chi connectivity index (χ1) is 11.8. The molecule has 6 heteroatoms. The summed E-state index contributed by atoms with van der Waals surface area (Å²) >= 11 is 1.23. The van der Waals surface area contributed by atoms with Crippen molar-refractivity contribution in [1.82, 2.24) is 13.6 Å². The van der Waals surface area contributed by atoms with Gasteiger partial charge in [-0.05, 0) is 37.1 Å². The maximum absolute atomic E-state index is 5.79. The molecule has 124 valence electrons. The molecule has 3 atom stereocenters. The van der Waals surface area contributed by atoms with Crippen LogP contribution < -0.4 is 9.47 Å². The third kappa shape index (κ3) is 3.10. The van der Waals surface area contributed by atoms with Crippen molar-refractivity contribution < 1.29 is 9.47 Å². The number of aromatic nitrogens is 2. The van der Waals surface area contributed by atoms with Crippen LogP contribution in [0.3, 0.4) is 0 Å². The maximum Gasteiger partial charge on any atom is 0.250 e. The van der Waals surface area contributed by atoms with Crippen molar-refractivity contribution in [1.29, 1.82) is 0 Å². The summed E-state index contributed by atoms with van der Waals surface area (Å²) in [7, 11) is 1.65. The minimum Gasteiger partial charge on any atom is -0.497 e. The molecule has 2 aliphatic rings. The van der Waals surface area contributed by atoms with Gasteiger partial charge in [0.1, 0.15) is 11.4 Å². The lowest BCUT2D eigenvalue weighted by Crippen LogP contribution is -2.22. The molecule has 4 rings (SSSR count). The smallest absolute Gasteiger partial charge is 0.250 e. The summed E-state index contributed by atoms with van der Waals surface area (Å²) in [6.07, 6.45) is 1.26. The zero-order valence-corrected chi connectivity index (χ0v) is 14.4. The SMILES string of the molecule is COc1cccc(C#CCOc2nsnc2C2CN3CCC2C3)c1.